The molecule has 0 aliphatic rings. The predicted octanol–water partition coefficient (Wildman–Crippen LogP) is 4.64. The van der Waals surface area contributed by atoms with Crippen molar-refractivity contribution >= 4 is 17.7 Å². The van der Waals surface area contributed by atoms with E-state index in [1.807, 2.05) is 6.07 Å². The standard InChI is InChI=1S/C21H15FN2O3/c1-26-18-8-6-17(7-9-18)24-21(25)15(13-23)12-19-10-11-20(27-19)14-2-4-16(22)5-3-14/h2-12H,1H3,(H,24,25)/b15-12+. The summed E-state index contributed by atoms with van der Waals surface area (Å²) in [6.07, 6.45) is 1.35. The van der Waals surface area contributed by atoms with Gasteiger partial charge in [0.1, 0.15) is 34.7 Å². The number of rotatable bonds is 5. The molecule has 0 spiro atoms. The number of hydrogen-bond donors (Lipinski definition) is 1. The maximum Gasteiger partial charge on any atom is 0.266 e. The molecule has 0 unspecified atom stereocenters. The van der Waals surface area contributed by atoms with Gasteiger partial charge in [-0.25, -0.2) is 4.39 Å². The van der Waals surface area contributed by atoms with Gasteiger partial charge in [-0.05, 0) is 60.7 Å². The molecular formula is C21H15FN2O3. The molecule has 2 aromatic carbocycles. The van der Waals surface area contributed by atoms with Crippen molar-refractivity contribution in [2.75, 3.05) is 12.4 Å². The van der Waals surface area contributed by atoms with E-state index >= 15 is 0 Å². The third-order valence-electron chi connectivity index (χ3n) is 3.76. The topological polar surface area (TPSA) is 75.3 Å². The second-order valence-corrected chi connectivity index (χ2v) is 5.56. The highest BCUT2D eigenvalue weighted by molar-refractivity contribution is 6.09. The van der Waals surface area contributed by atoms with Crippen LogP contribution < -0.4 is 10.1 Å². The van der Waals surface area contributed by atoms with E-state index in [9.17, 15) is 14.4 Å². The Labute approximate surface area is 155 Å². The Bertz CT molecular complexity index is 1010. The molecule has 6 heteroatoms. The van der Waals surface area contributed by atoms with Gasteiger partial charge in [0.05, 0.1) is 7.11 Å². The fourth-order valence-electron chi connectivity index (χ4n) is 2.36. The number of anilines is 1. The zero-order valence-electron chi connectivity index (χ0n) is 14.4. The van der Waals surface area contributed by atoms with Crippen molar-refractivity contribution in [2.45, 2.75) is 0 Å². The van der Waals surface area contributed by atoms with E-state index in [-0.39, 0.29) is 11.4 Å². The summed E-state index contributed by atoms with van der Waals surface area (Å²) in [6.45, 7) is 0. The second-order valence-electron chi connectivity index (χ2n) is 5.56. The van der Waals surface area contributed by atoms with E-state index in [0.29, 0.717) is 28.5 Å². The Kier molecular flexibility index (Phi) is 5.33. The fourth-order valence-corrected chi connectivity index (χ4v) is 2.36. The highest BCUT2D eigenvalue weighted by Crippen LogP contribution is 2.24. The number of nitriles is 1. The van der Waals surface area contributed by atoms with Crippen molar-refractivity contribution in [3.63, 3.8) is 0 Å². The second kappa shape index (κ2) is 8.02. The van der Waals surface area contributed by atoms with Gasteiger partial charge in [-0.2, -0.15) is 5.26 Å². The lowest BCUT2D eigenvalue weighted by Gasteiger charge is -2.05. The molecule has 3 rings (SSSR count). The molecule has 0 radical (unpaired) electrons. The summed E-state index contributed by atoms with van der Waals surface area (Å²) >= 11 is 0. The molecule has 1 heterocycles. The van der Waals surface area contributed by atoms with Crippen molar-refractivity contribution in [2.24, 2.45) is 0 Å². The minimum absolute atomic E-state index is 0.106. The lowest BCUT2D eigenvalue weighted by atomic mass is 10.2. The van der Waals surface area contributed by atoms with Gasteiger partial charge in [0.15, 0.2) is 0 Å². The van der Waals surface area contributed by atoms with Crippen LogP contribution in [0, 0.1) is 17.1 Å². The van der Waals surface area contributed by atoms with Gasteiger partial charge in [0.25, 0.3) is 5.91 Å². The van der Waals surface area contributed by atoms with E-state index in [4.69, 9.17) is 9.15 Å². The number of furan rings is 1. The van der Waals surface area contributed by atoms with Gasteiger partial charge < -0.3 is 14.5 Å². The monoisotopic (exact) mass is 362 g/mol. The minimum atomic E-state index is -0.553. The maximum atomic E-state index is 13.0. The van der Waals surface area contributed by atoms with Gasteiger partial charge in [-0.3, -0.25) is 4.79 Å². The van der Waals surface area contributed by atoms with E-state index in [2.05, 4.69) is 5.32 Å². The van der Waals surface area contributed by atoms with Crippen molar-refractivity contribution in [3.05, 3.63) is 77.8 Å². The number of nitrogens with zero attached hydrogens (tertiary/aromatic N) is 1. The fraction of sp³-hybridized carbons (Fsp3) is 0.0476. The maximum absolute atomic E-state index is 13.0. The summed E-state index contributed by atoms with van der Waals surface area (Å²) in [7, 11) is 1.55. The van der Waals surface area contributed by atoms with E-state index in [1.54, 1.807) is 55.6 Å². The number of methoxy groups -OCH3 is 1. The molecule has 0 atom stereocenters. The van der Waals surface area contributed by atoms with Crippen molar-refractivity contribution < 1.29 is 18.3 Å². The van der Waals surface area contributed by atoms with Crippen molar-refractivity contribution in [1.29, 1.82) is 5.26 Å². The Morgan fingerprint density at radius 3 is 2.44 bits per heavy atom. The van der Waals surface area contributed by atoms with Crippen LogP contribution in [0.5, 0.6) is 5.75 Å². The van der Waals surface area contributed by atoms with Crippen LogP contribution in [0.2, 0.25) is 0 Å². The molecule has 0 aliphatic carbocycles. The minimum Gasteiger partial charge on any atom is -0.497 e. The zero-order valence-corrected chi connectivity index (χ0v) is 14.4. The van der Waals surface area contributed by atoms with Gasteiger partial charge in [0.2, 0.25) is 0 Å². The summed E-state index contributed by atoms with van der Waals surface area (Å²) in [5.74, 6) is 0.618. The van der Waals surface area contributed by atoms with Crippen LogP contribution in [0.25, 0.3) is 17.4 Å². The summed E-state index contributed by atoms with van der Waals surface area (Å²) in [5.41, 5.74) is 1.12. The first-order chi connectivity index (χ1) is 13.1. The average molecular weight is 362 g/mol. The van der Waals surface area contributed by atoms with Crippen LogP contribution in [-0.4, -0.2) is 13.0 Å². The first-order valence-electron chi connectivity index (χ1n) is 8.02. The van der Waals surface area contributed by atoms with Crippen LogP contribution in [0.1, 0.15) is 5.76 Å². The molecule has 0 saturated carbocycles. The number of nitrogens with one attached hydrogen (secondary N) is 1. The van der Waals surface area contributed by atoms with Crippen LogP contribution >= 0.6 is 0 Å². The van der Waals surface area contributed by atoms with Crippen molar-refractivity contribution in [3.8, 4) is 23.1 Å². The number of carbonyl (C=O) groups excluding carboxylic acids is 1. The zero-order chi connectivity index (χ0) is 19.2. The van der Waals surface area contributed by atoms with Crippen LogP contribution in [-0.2, 0) is 4.79 Å². The Hall–Kier alpha value is -3.85. The number of halogens is 1. The summed E-state index contributed by atoms with van der Waals surface area (Å²) < 4.78 is 23.7. The molecule has 3 aromatic rings. The third kappa shape index (κ3) is 4.41. The molecule has 134 valence electrons. The molecule has 0 fully saturated rings. The molecular weight excluding hydrogens is 347 g/mol. The predicted molar refractivity (Wildman–Crippen MR) is 99.3 cm³/mol. The molecule has 1 N–H and O–H groups in total. The number of carbonyl (C=O) groups is 1. The molecule has 0 aliphatic heterocycles. The van der Waals surface area contributed by atoms with Crippen molar-refractivity contribution in [1.82, 2.24) is 0 Å². The van der Waals surface area contributed by atoms with E-state index in [0.717, 1.165) is 0 Å². The first kappa shape index (κ1) is 18.0. The van der Waals surface area contributed by atoms with Gasteiger partial charge in [-0.1, -0.05) is 0 Å². The third-order valence-corrected chi connectivity index (χ3v) is 3.76. The summed E-state index contributed by atoms with van der Waals surface area (Å²) in [6, 6.07) is 17.8. The van der Waals surface area contributed by atoms with Crippen LogP contribution in [0.3, 0.4) is 0 Å². The highest BCUT2D eigenvalue weighted by Gasteiger charge is 2.12. The van der Waals surface area contributed by atoms with Crippen LogP contribution in [0.15, 0.2) is 70.7 Å². The van der Waals surface area contributed by atoms with E-state index < -0.39 is 5.91 Å². The van der Waals surface area contributed by atoms with Gasteiger partial charge >= 0.3 is 0 Å². The largest absolute Gasteiger partial charge is 0.497 e. The normalized spacial score (nSPS) is 10.9. The SMILES string of the molecule is COc1ccc(NC(=O)/C(C#N)=C/c2ccc(-c3ccc(F)cc3)o2)cc1. The number of hydrogen-bond acceptors (Lipinski definition) is 4. The Morgan fingerprint density at radius 1 is 1.11 bits per heavy atom. The number of ether oxygens (including phenoxy) is 1. The van der Waals surface area contributed by atoms with Gasteiger partial charge in [0, 0.05) is 17.3 Å². The van der Waals surface area contributed by atoms with Gasteiger partial charge in [-0.15, -0.1) is 0 Å². The average Bonchev–Trinajstić information content (AvgIpc) is 3.16. The molecule has 5 nitrogen and oxygen atoms in total. The smallest absolute Gasteiger partial charge is 0.266 e. The molecule has 27 heavy (non-hydrogen) atoms. The lowest BCUT2D eigenvalue weighted by molar-refractivity contribution is -0.112. The van der Waals surface area contributed by atoms with E-state index in [1.165, 1.54) is 18.2 Å². The quantitative estimate of drug-likeness (QED) is 0.530. The molecule has 1 amide bonds. The first-order valence-corrected chi connectivity index (χ1v) is 8.02. The molecule has 0 bridgehead atoms. The Morgan fingerprint density at radius 2 is 1.81 bits per heavy atom. The molecule has 1 aromatic heterocycles. The number of benzene rings is 2. The Balaban J connectivity index is 1.76. The molecule has 0 saturated heterocycles. The summed E-state index contributed by atoms with van der Waals surface area (Å²) in [4.78, 5) is 12.3. The summed E-state index contributed by atoms with van der Waals surface area (Å²) in [5, 5.41) is 11.9. The number of amides is 1. The van der Waals surface area contributed by atoms with Crippen LogP contribution in [0.4, 0.5) is 10.1 Å². The lowest BCUT2D eigenvalue weighted by Crippen LogP contribution is -2.13. The highest BCUT2D eigenvalue weighted by atomic mass is 19.1.